The van der Waals surface area contributed by atoms with Crippen LogP contribution in [0.5, 0.6) is 0 Å². The molecule has 1 aliphatic rings. The summed E-state index contributed by atoms with van der Waals surface area (Å²) in [5.41, 5.74) is -1.69. The number of carboxylic acid groups (broad SMARTS) is 1. The molecule has 1 saturated heterocycles. The summed E-state index contributed by atoms with van der Waals surface area (Å²) < 4.78 is 15.0. The van der Waals surface area contributed by atoms with E-state index < -0.39 is 31.9 Å². The van der Waals surface area contributed by atoms with Gasteiger partial charge in [0.2, 0.25) is 0 Å². The van der Waals surface area contributed by atoms with Crippen molar-refractivity contribution in [2.75, 3.05) is 6.61 Å². The number of aliphatic hydroxyl groups excluding tert-OH is 1. The molecular weight excluding hydrogens is 175 g/mol. The van der Waals surface area contributed by atoms with Gasteiger partial charge in [0.25, 0.3) is 0 Å². The minimum atomic E-state index is -4.12. The largest absolute Gasteiger partial charge is 0.480 e. The Morgan fingerprint density at radius 3 is 2.36 bits per heavy atom. The van der Waals surface area contributed by atoms with Crippen molar-refractivity contribution in [3.8, 4) is 0 Å². The van der Waals surface area contributed by atoms with Crippen LogP contribution in [0.15, 0.2) is 0 Å². The smallest absolute Gasteiger partial charge is 0.345 e. The maximum absolute atomic E-state index is 10.8. The highest BCUT2D eigenvalue weighted by atomic mass is 31.2. The Bertz CT molecular complexity index is 225. The molecule has 3 unspecified atom stereocenters. The fourth-order valence-corrected chi connectivity index (χ4v) is 2.20. The zero-order chi connectivity index (χ0) is 8.65. The first-order valence-electron chi connectivity index (χ1n) is 2.83. The molecule has 1 heterocycles. The summed E-state index contributed by atoms with van der Waals surface area (Å²) in [5.74, 6) is -1.51. The molecule has 0 amide bonds. The maximum atomic E-state index is 10.8. The number of hydrogen-bond acceptors (Lipinski definition) is 4. The number of aliphatic hydroxyl groups is 1. The molecule has 1 fully saturated rings. The quantitative estimate of drug-likeness (QED) is 0.450. The monoisotopic (exact) mass is 182 g/mol. The van der Waals surface area contributed by atoms with Crippen LogP contribution in [-0.2, 0) is 13.9 Å². The van der Waals surface area contributed by atoms with Crippen LogP contribution in [0.3, 0.4) is 0 Å². The van der Waals surface area contributed by atoms with Crippen molar-refractivity contribution in [1.29, 1.82) is 0 Å². The van der Waals surface area contributed by atoms with E-state index in [1.54, 1.807) is 0 Å². The van der Waals surface area contributed by atoms with Crippen molar-refractivity contribution in [2.45, 2.75) is 11.8 Å². The Hall–Kier alpha value is -0.420. The number of rotatable bonds is 1. The minimum Gasteiger partial charge on any atom is -0.480 e. The maximum Gasteiger partial charge on any atom is 0.345 e. The first-order chi connectivity index (χ1) is 4.95. The molecule has 0 aromatic carbocycles. The van der Waals surface area contributed by atoms with Gasteiger partial charge in [-0.1, -0.05) is 0 Å². The van der Waals surface area contributed by atoms with Crippen LogP contribution in [0.25, 0.3) is 0 Å². The second-order valence-corrected chi connectivity index (χ2v) is 4.15. The summed E-state index contributed by atoms with van der Waals surface area (Å²) >= 11 is 0. The lowest BCUT2D eigenvalue weighted by atomic mass is 10.3. The second-order valence-electron chi connectivity index (χ2n) is 2.21. The molecule has 0 saturated carbocycles. The molecule has 0 aromatic heterocycles. The highest BCUT2D eigenvalue weighted by molar-refractivity contribution is 7.55. The molecule has 7 heteroatoms. The SMILES string of the molecule is O=C(O)C1C(O)COP1(=O)O. The van der Waals surface area contributed by atoms with Gasteiger partial charge in [-0.2, -0.15) is 0 Å². The molecule has 0 spiro atoms. The predicted octanol–water partition coefficient (Wildman–Crippen LogP) is -0.984. The van der Waals surface area contributed by atoms with Crippen molar-refractivity contribution < 1.29 is 29.0 Å². The third kappa shape index (κ3) is 1.44. The second kappa shape index (κ2) is 2.57. The van der Waals surface area contributed by atoms with Gasteiger partial charge in [0, 0.05) is 0 Å². The molecule has 0 aliphatic carbocycles. The van der Waals surface area contributed by atoms with Crippen LogP contribution in [0, 0.1) is 0 Å². The van der Waals surface area contributed by atoms with Crippen LogP contribution in [0.2, 0.25) is 0 Å². The van der Waals surface area contributed by atoms with Crippen molar-refractivity contribution in [1.82, 2.24) is 0 Å². The third-order valence-corrected chi connectivity index (χ3v) is 3.19. The van der Waals surface area contributed by atoms with Crippen LogP contribution >= 0.6 is 7.60 Å². The fourth-order valence-electron chi connectivity index (χ4n) is 0.876. The van der Waals surface area contributed by atoms with E-state index in [0.29, 0.717) is 0 Å². The van der Waals surface area contributed by atoms with E-state index in [-0.39, 0.29) is 0 Å². The van der Waals surface area contributed by atoms with Crippen LogP contribution in [0.4, 0.5) is 0 Å². The first kappa shape index (κ1) is 8.67. The van der Waals surface area contributed by atoms with E-state index in [1.807, 2.05) is 0 Å². The van der Waals surface area contributed by atoms with Crippen molar-refractivity contribution in [3.05, 3.63) is 0 Å². The van der Waals surface area contributed by atoms with Crippen LogP contribution in [-0.4, -0.2) is 39.4 Å². The van der Waals surface area contributed by atoms with Crippen molar-refractivity contribution in [2.24, 2.45) is 0 Å². The summed E-state index contributed by atoms with van der Waals surface area (Å²) in [7, 11) is -4.12. The normalized spacial score (nSPS) is 44.2. The average molecular weight is 182 g/mol. The Balaban J connectivity index is 2.90. The van der Waals surface area contributed by atoms with Gasteiger partial charge in [-0.05, 0) is 0 Å². The van der Waals surface area contributed by atoms with E-state index in [4.69, 9.17) is 15.1 Å². The van der Waals surface area contributed by atoms with E-state index >= 15 is 0 Å². The molecule has 0 bridgehead atoms. The number of carboxylic acids is 1. The standard InChI is InChI=1S/C4H7O6P/c5-2-1-10-11(8,9)3(2)4(6)7/h2-3,5H,1H2,(H,6,7)(H,8,9). The molecule has 1 rings (SSSR count). The lowest BCUT2D eigenvalue weighted by Gasteiger charge is -2.08. The van der Waals surface area contributed by atoms with Crippen molar-refractivity contribution in [3.63, 3.8) is 0 Å². The van der Waals surface area contributed by atoms with Gasteiger partial charge < -0.3 is 19.6 Å². The first-order valence-corrected chi connectivity index (χ1v) is 4.47. The Morgan fingerprint density at radius 2 is 2.18 bits per heavy atom. The minimum absolute atomic E-state index is 0.398. The molecule has 11 heavy (non-hydrogen) atoms. The number of carbonyl (C=O) groups is 1. The van der Waals surface area contributed by atoms with Gasteiger partial charge in [-0.3, -0.25) is 9.36 Å². The molecule has 1 aliphatic heterocycles. The zero-order valence-corrected chi connectivity index (χ0v) is 6.27. The Kier molecular flexibility index (Phi) is 2.02. The Morgan fingerprint density at radius 1 is 1.64 bits per heavy atom. The van der Waals surface area contributed by atoms with Gasteiger partial charge in [-0.25, -0.2) is 0 Å². The van der Waals surface area contributed by atoms with Gasteiger partial charge >= 0.3 is 13.6 Å². The van der Waals surface area contributed by atoms with E-state index in [2.05, 4.69) is 4.52 Å². The third-order valence-electron chi connectivity index (χ3n) is 1.40. The molecule has 6 nitrogen and oxygen atoms in total. The average Bonchev–Trinajstić information content (AvgIpc) is 2.06. The van der Waals surface area contributed by atoms with E-state index in [0.717, 1.165) is 0 Å². The zero-order valence-electron chi connectivity index (χ0n) is 5.38. The predicted molar refractivity (Wildman–Crippen MR) is 33.2 cm³/mol. The molecule has 3 atom stereocenters. The summed E-state index contributed by atoms with van der Waals surface area (Å²) in [6.45, 7) is -0.398. The highest BCUT2D eigenvalue weighted by Gasteiger charge is 2.50. The van der Waals surface area contributed by atoms with E-state index in [9.17, 15) is 9.36 Å². The summed E-state index contributed by atoms with van der Waals surface area (Å²) in [5, 5.41) is 17.2. The molecule has 0 radical (unpaired) electrons. The Labute approximate surface area is 61.9 Å². The summed E-state index contributed by atoms with van der Waals surface area (Å²) in [4.78, 5) is 19.0. The van der Waals surface area contributed by atoms with Crippen molar-refractivity contribution >= 4 is 13.6 Å². The van der Waals surface area contributed by atoms with Gasteiger partial charge in [-0.15, -0.1) is 0 Å². The number of aliphatic carboxylic acids is 1. The van der Waals surface area contributed by atoms with E-state index in [1.165, 1.54) is 0 Å². The molecule has 64 valence electrons. The number of hydrogen-bond donors (Lipinski definition) is 3. The molecular formula is C4H7O6P. The van der Waals surface area contributed by atoms with Gasteiger partial charge in [0.05, 0.1) is 6.61 Å². The fraction of sp³-hybridized carbons (Fsp3) is 0.750. The molecule has 0 aromatic rings. The van der Waals surface area contributed by atoms with Crippen LogP contribution < -0.4 is 0 Å². The molecule has 3 N–H and O–H groups in total. The summed E-state index contributed by atoms with van der Waals surface area (Å²) in [6.07, 6.45) is -1.39. The highest BCUT2D eigenvalue weighted by Crippen LogP contribution is 2.53. The lowest BCUT2D eigenvalue weighted by molar-refractivity contribution is -0.138. The lowest BCUT2D eigenvalue weighted by Crippen LogP contribution is -2.29. The van der Waals surface area contributed by atoms with Gasteiger partial charge in [0.1, 0.15) is 6.10 Å². The topological polar surface area (TPSA) is 104 Å². The summed E-state index contributed by atoms with van der Waals surface area (Å²) in [6, 6.07) is 0. The van der Waals surface area contributed by atoms with Gasteiger partial charge in [0.15, 0.2) is 5.66 Å². The van der Waals surface area contributed by atoms with Crippen LogP contribution in [0.1, 0.15) is 0 Å².